The van der Waals surface area contributed by atoms with Crippen LogP contribution in [-0.2, 0) is 0 Å². The Hall–Kier alpha value is -0.630. The van der Waals surface area contributed by atoms with Crippen LogP contribution in [0.3, 0.4) is 0 Å². The Morgan fingerprint density at radius 3 is 2.39 bits per heavy atom. The second kappa shape index (κ2) is 7.08. The van der Waals surface area contributed by atoms with Gasteiger partial charge in [-0.15, -0.1) is 0 Å². The molecule has 0 bridgehead atoms. The first-order chi connectivity index (χ1) is 8.78. The molecule has 1 N–H and O–H groups in total. The Kier molecular flexibility index (Phi) is 5.43. The summed E-state index contributed by atoms with van der Waals surface area (Å²) in [5, 5.41) is 18.9. The van der Waals surface area contributed by atoms with E-state index in [9.17, 15) is 10.4 Å². The first kappa shape index (κ1) is 13.8. The Morgan fingerprint density at radius 1 is 1.06 bits per heavy atom. The molecule has 0 spiro atoms. The monoisotopic (exact) mass is 251 g/mol. The number of aliphatic hydroxyl groups is 1. The number of piperidine rings is 2. The van der Waals surface area contributed by atoms with Crippen molar-refractivity contribution in [1.29, 1.82) is 5.26 Å². The summed E-state index contributed by atoms with van der Waals surface area (Å²) in [4.78, 5) is 4.68. The lowest BCUT2D eigenvalue weighted by Gasteiger charge is -2.33. The normalized spacial score (nSPS) is 28.8. The molecule has 0 radical (unpaired) electrons. The molecule has 0 amide bonds. The van der Waals surface area contributed by atoms with Crippen LogP contribution in [-0.4, -0.2) is 60.3 Å². The highest BCUT2D eigenvalue weighted by atomic mass is 16.3. The molecule has 0 aliphatic carbocycles. The van der Waals surface area contributed by atoms with Gasteiger partial charge in [0.05, 0.1) is 18.1 Å². The lowest BCUT2D eigenvalue weighted by molar-refractivity contribution is 0.0619. The standard InChI is InChI=1S/C14H25N3O/c15-9-13(10-16-6-2-1-3-7-16)11-17-8-4-5-14(18)12-17/h13-14,18H,1-8,10-12H2. The van der Waals surface area contributed by atoms with E-state index in [1.165, 1.54) is 19.3 Å². The second-order valence-corrected chi connectivity index (χ2v) is 5.74. The van der Waals surface area contributed by atoms with Crippen LogP contribution in [0, 0.1) is 17.2 Å². The van der Waals surface area contributed by atoms with Crippen molar-refractivity contribution in [2.45, 2.75) is 38.2 Å². The van der Waals surface area contributed by atoms with Crippen molar-refractivity contribution in [3.8, 4) is 6.07 Å². The van der Waals surface area contributed by atoms with E-state index >= 15 is 0 Å². The molecule has 0 saturated carbocycles. The van der Waals surface area contributed by atoms with Crippen molar-refractivity contribution in [3.63, 3.8) is 0 Å². The van der Waals surface area contributed by atoms with E-state index in [1.807, 2.05) is 0 Å². The van der Waals surface area contributed by atoms with Gasteiger partial charge >= 0.3 is 0 Å². The average molecular weight is 251 g/mol. The van der Waals surface area contributed by atoms with Crippen LogP contribution in [0.15, 0.2) is 0 Å². The summed E-state index contributed by atoms with van der Waals surface area (Å²) in [7, 11) is 0. The molecular formula is C14H25N3O. The van der Waals surface area contributed by atoms with Gasteiger partial charge in [0.2, 0.25) is 0 Å². The first-order valence-electron chi connectivity index (χ1n) is 7.30. The lowest BCUT2D eigenvalue weighted by Crippen LogP contribution is -2.43. The first-order valence-corrected chi connectivity index (χ1v) is 7.30. The molecule has 2 fully saturated rings. The zero-order chi connectivity index (χ0) is 12.8. The number of β-amino-alcohol motifs (C(OH)–C–C–N with tert-alkyl or cyclic N) is 1. The molecule has 4 heteroatoms. The van der Waals surface area contributed by atoms with Crippen molar-refractivity contribution in [2.75, 3.05) is 39.3 Å². The maximum absolute atomic E-state index is 9.65. The van der Waals surface area contributed by atoms with Crippen molar-refractivity contribution >= 4 is 0 Å². The smallest absolute Gasteiger partial charge is 0.0717 e. The number of nitriles is 1. The van der Waals surface area contributed by atoms with Gasteiger partial charge in [0, 0.05) is 19.6 Å². The van der Waals surface area contributed by atoms with E-state index in [-0.39, 0.29) is 12.0 Å². The van der Waals surface area contributed by atoms with Crippen molar-refractivity contribution < 1.29 is 5.11 Å². The molecule has 2 aliphatic heterocycles. The van der Waals surface area contributed by atoms with Gasteiger partial charge in [-0.25, -0.2) is 0 Å². The molecule has 0 aromatic rings. The fourth-order valence-corrected chi connectivity index (χ4v) is 3.10. The van der Waals surface area contributed by atoms with E-state index in [0.717, 1.165) is 52.1 Å². The molecule has 0 aromatic carbocycles. The van der Waals surface area contributed by atoms with Gasteiger partial charge in [0.1, 0.15) is 0 Å². The Bertz CT molecular complexity index is 283. The molecule has 18 heavy (non-hydrogen) atoms. The third-order valence-electron chi connectivity index (χ3n) is 4.07. The highest BCUT2D eigenvalue weighted by Gasteiger charge is 2.22. The minimum absolute atomic E-state index is 0.0911. The highest BCUT2D eigenvalue weighted by Crippen LogP contribution is 2.14. The Morgan fingerprint density at radius 2 is 1.72 bits per heavy atom. The van der Waals surface area contributed by atoms with E-state index in [1.54, 1.807) is 0 Å². The number of likely N-dealkylation sites (tertiary alicyclic amines) is 2. The number of aliphatic hydroxyl groups excluding tert-OH is 1. The van der Waals surface area contributed by atoms with E-state index in [2.05, 4.69) is 15.9 Å². The minimum atomic E-state index is -0.187. The summed E-state index contributed by atoms with van der Waals surface area (Å²) < 4.78 is 0. The summed E-state index contributed by atoms with van der Waals surface area (Å²) in [5.74, 6) is 0.0911. The fraction of sp³-hybridized carbons (Fsp3) is 0.929. The maximum Gasteiger partial charge on any atom is 0.0717 e. The topological polar surface area (TPSA) is 50.5 Å². The second-order valence-electron chi connectivity index (χ2n) is 5.74. The van der Waals surface area contributed by atoms with Crippen LogP contribution in [0.5, 0.6) is 0 Å². The van der Waals surface area contributed by atoms with Gasteiger partial charge in [0.25, 0.3) is 0 Å². The van der Waals surface area contributed by atoms with Gasteiger partial charge < -0.3 is 10.0 Å². The molecule has 2 unspecified atom stereocenters. The highest BCUT2D eigenvalue weighted by molar-refractivity contribution is 4.89. The molecule has 2 atom stereocenters. The molecule has 2 saturated heterocycles. The Labute approximate surface area is 110 Å². The quantitative estimate of drug-likeness (QED) is 0.812. The number of nitrogens with zero attached hydrogens (tertiary/aromatic N) is 3. The van der Waals surface area contributed by atoms with Crippen LogP contribution >= 0.6 is 0 Å². The van der Waals surface area contributed by atoms with Gasteiger partial charge in [-0.05, 0) is 45.3 Å². The summed E-state index contributed by atoms with van der Waals surface area (Å²) in [6.45, 7) is 5.82. The van der Waals surface area contributed by atoms with Crippen LogP contribution in [0.1, 0.15) is 32.1 Å². The molecule has 102 valence electrons. The minimum Gasteiger partial charge on any atom is -0.392 e. The lowest BCUT2D eigenvalue weighted by atomic mass is 10.0. The third-order valence-corrected chi connectivity index (χ3v) is 4.07. The zero-order valence-electron chi connectivity index (χ0n) is 11.2. The molecule has 4 nitrogen and oxygen atoms in total. The van der Waals surface area contributed by atoms with Crippen LogP contribution in [0.2, 0.25) is 0 Å². The third kappa shape index (κ3) is 4.24. The van der Waals surface area contributed by atoms with Crippen LogP contribution in [0.4, 0.5) is 0 Å². The van der Waals surface area contributed by atoms with Gasteiger partial charge in [0.15, 0.2) is 0 Å². The fourth-order valence-electron chi connectivity index (χ4n) is 3.10. The number of hydrogen-bond donors (Lipinski definition) is 1. The molecule has 2 aliphatic rings. The molecule has 2 heterocycles. The predicted molar refractivity (Wildman–Crippen MR) is 71.1 cm³/mol. The predicted octanol–water partition coefficient (Wildman–Crippen LogP) is 1.07. The summed E-state index contributed by atoms with van der Waals surface area (Å²) in [5.41, 5.74) is 0. The molecule has 0 aromatic heterocycles. The van der Waals surface area contributed by atoms with Crippen molar-refractivity contribution in [1.82, 2.24) is 9.80 Å². The van der Waals surface area contributed by atoms with Gasteiger partial charge in [-0.3, -0.25) is 4.90 Å². The maximum atomic E-state index is 9.65. The number of rotatable bonds is 4. The number of hydrogen-bond acceptors (Lipinski definition) is 4. The van der Waals surface area contributed by atoms with Crippen molar-refractivity contribution in [3.05, 3.63) is 0 Å². The van der Waals surface area contributed by atoms with E-state index < -0.39 is 0 Å². The summed E-state index contributed by atoms with van der Waals surface area (Å²) >= 11 is 0. The van der Waals surface area contributed by atoms with Crippen LogP contribution in [0.25, 0.3) is 0 Å². The van der Waals surface area contributed by atoms with Gasteiger partial charge in [-0.1, -0.05) is 6.42 Å². The van der Waals surface area contributed by atoms with Gasteiger partial charge in [-0.2, -0.15) is 5.26 Å². The summed E-state index contributed by atoms with van der Waals surface area (Å²) in [6.07, 6.45) is 5.68. The van der Waals surface area contributed by atoms with E-state index in [4.69, 9.17) is 0 Å². The Balaban J connectivity index is 1.76. The molecular weight excluding hydrogens is 226 g/mol. The summed E-state index contributed by atoms with van der Waals surface area (Å²) in [6, 6.07) is 2.45. The van der Waals surface area contributed by atoms with E-state index in [0.29, 0.717) is 0 Å². The SMILES string of the molecule is N#CC(CN1CCCCC1)CN1CCCC(O)C1. The largest absolute Gasteiger partial charge is 0.392 e. The average Bonchev–Trinajstić information content (AvgIpc) is 2.39. The molecule has 2 rings (SSSR count). The van der Waals surface area contributed by atoms with Crippen molar-refractivity contribution in [2.24, 2.45) is 5.92 Å². The van der Waals surface area contributed by atoms with Crippen LogP contribution < -0.4 is 0 Å². The zero-order valence-corrected chi connectivity index (χ0v) is 11.2.